The van der Waals surface area contributed by atoms with E-state index in [1.165, 1.54) is 5.56 Å². The van der Waals surface area contributed by atoms with E-state index in [9.17, 15) is 4.79 Å². The Morgan fingerprint density at radius 2 is 1.45 bits per heavy atom. The lowest BCUT2D eigenvalue weighted by atomic mass is 9.78. The van der Waals surface area contributed by atoms with Crippen molar-refractivity contribution >= 4 is 17.2 Å². The predicted octanol–water partition coefficient (Wildman–Crippen LogP) is 7.35. The van der Waals surface area contributed by atoms with E-state index in [0.717, 1.165) is 50.8 Å². The second-order valence-electron chi connectivity index (χ2n) is 9.76. The van der Waals surface area contributed by atoms with Crippen LogP contribution in [0.5, 0.6) is 11.5 Å². The fourth-order valence-electron chi connectivity index (χ4n) is 5.62. The van der Waals surface area contributed by atoms with Gasteiger partial charge >= 0.3 is 0 Å². The van der Waals surface area contributed by atoms with Gasteiger partial charge in [0.1, 0.15) is 11.5 Å². The zero-order valence-corrected chi connectivity index (χ0v) is 21.5. The summed E-state index contributed by atoms with van der Waals surface area (Å²) in [6.45, 7) is 0. The number of ketones is 1. The van der Waals surface area contributed by atoms with Gasteiger partial charge in [-0.1, -0.05) is 66.7 Å². The molecule has 2 unspecified atom stereocenters. The Hall–Kier alpha value is -4.51. The molecular formula is C33H30N2O3. The average molecular weight is 503 g/mol. The number of hydrogen-bond donors (Lipinski definition) is 2. The van der Waals surface area contributed by atoms with E-state index >= 15 is 0 Å². The normalized spacial score (nSPS) is 18.4. The average Bonchev–Trinajstić information content (AvgIpc) is 3.14. The van der Waals surface area contributed by atoms with Gasteiger partial charge in [0, 0.05) is 29.2 Å². The molecule has 0 bridgehead atoms. The molecule has 2 atom stereocenters. The van der Waals surface area contributed by atoms with Gasteiger partial charge in [0.2, 0.25) is 0 Å². The summed E-state index contributed by atoms with van der Waals surface area (Å²) in [7, 11) is 3.32. The van der Waals surface area contributed by atoms with Crippen molar-refractivity contribution in [2.45, 2.75) is 24.8 Å². The number of carbonyl (C=O) groups is 1. The summed E-state index contributed by atoms with van der Waals surface area (Å²) in [6.07, 6.45) is 1.10. The standard InChI is InChI=1S/C33H30N2O3/c1-37-25-16-17-31(38-2)26(20-25)24-18-29-32(30(36)19-24)33(35-28-11-7-6-10-27(28)34-29)23-14-12-22(13-15-23)21-8-4-3-5-9-21/h3-17,20,24,33-35H,18-19H2,1-2H3. The highest BCUT2D eigenvalue weighted by atomic mass is 16.5. The number of Topliss-reactive ketones (excluding diaryl/α,β-unsaturated/α-hetero) is 1. The number of allylic oxidation sites excluding steroid dienone is 1. The first-order chi connectivity index (χ1) is 18.6. The first-order valence-electron chi connectivity index (χ1n) is 12.9. The third-order valence-corrected chi connectivity index (χ3v) is 7.54. The molecule has 1 heterocycles. The van der Waals surface area contributed by atoms with Crippen molar-refractivity contribution in [3.8, 4) is 22.6 Å². The summed E-state index contributed by atoms with van der Waals surface area (Å²) in [5.74, 6) is 1.63. The van der Waals surface area contributed by atoms with Gasteiger partial charge in [-0.05, 0) is 53.4 Å². The van der Waals surface area contributed by atoms with Crippen LogP contribution < -0.4 is 20.1 Å². The van der Waals surface area contributed by atoms with Crippen molar-refractivity contribution in [1.29, 1.82) is 0 Å². The Bertz CT molecular complexity index is 1510. The monoisotopic (exact) mass is 502 g/mol. The van der Waals surface area contributed by atoms with Crippen molar-refractivity contribution in [3.63, 3.8) is 0 Å². The predicted molar refractivity (Wildman–Crippen MR) is 152 cm³/mol. The molecule has 0 saturated heterocycles. The molecule has 5 heteroatoms. The maximum absolute atomic E-state index is 13.9. The molecule has 0 fully saturated rings. The Morgan fingerprint density at radius 3 is 2.18 bits per heavy atom. The molecule has 2 aliphatic rings. The Morgan fingerprint density at radius 1 is 0.737 bits per heavy atom. The molecule has 5 nitrogen and oxygen atoms in total. The molecule has 4 aromatic rings. The highest BCUT2D eigenvalue weighted by Gasteiger charge is 2.37. The molecule has 0 aromatic heterocycles. The highest BCUT2D eigenvalue weighted by Crippen LogP contribution is 2.46. The summed E-state index contributed by atoms with van der Waals surface area (Å²) < 4.78 is 11.2. The molecule has 38 heavy (non-hydrogen) atoms. The zero-order chi connectivity index (χ0) is 26.1. The van der Waals surface area contributed by atoms with E-state index in [1.54, 1.807) is 14.2 Å². The lowest BCUT2D eigenvalue weighted by molar-refractivity contribution is -0.116. The Balaban J connectivity index is 1.41. The molecule has 2 N–H and O–H groups in total. The van der Waals surface area contributed by atoms with Crippen LogP contribution >= 0.6 is 0 Å². The number of anilines is 2. The molecule has 0 amide bonds. The number of hydrogen-bond acceptors (Lipinski definition) is 5. The van der Waals surface area contributed by atoms with Crippen LogP contribution in [0.15, 0.2) is 108 Å². The lowest BCUT2D eigenvalue weighted by Crippen LogP contribution is -2.27. The van der Waals surface area contributed by atoms with Gasteiger partial charge < -0.3 is 20.1 Å². The molecule has 6 rings (SSSR count). The van der Waals surface area contributed by atoms with E-state index in [1.807, 2.05) is 54.6 Å². The van der Waals surface area contributed by atoms with Crippen molar-refractivity contribution in [2.75, 3.05) is 24.9 Å². The smallest absolute Gasteiger partial charge is 0.163 e. The van der Waals surface area contributed by atoms with Crippen LogP contribution in [-0.2, 0) is 4.79 Å². The van der Waals surface area contributed by atoms with E-state index < -0.39 is 0 Å². The summed E-state index contributed by atoms with van der Waals surface area (Å²) in [6, 6.07) is 32.5. The summed E-state index contributed by atoms with van der Waals surface area (Å²) >= 11 is 0. The van der Waals surface area contributed by atoms with Crippen LogP contribution in [0, 0.1) is 0 Å². The van der Waals surface area contributed by atoms with Gasteiger partial charge in [-0.25, -0.2) is 0 Å². The molecule has 0 spiro atoms. The number of methoxy groups -OCH3 is 2. The van der Waals surface area contributed by atoms with Gasteiger partial charge in [0.15, 0.2) is 5.78 Å². The van der Waals surface area contributed by atoms with E-state index in [-0.39, 0.29) is 17.7 Å². The summed E-state index contributed by atoms with van der Waals surface area (Å²) in [5.41, 5.74) is 8.05. The minimum Gasteiger partial charge on any atom is -0.497 e. The van der Waals surface area contributed by atoms with Crippen LogP contribution in [-0.4, -0.2) is 20.0 Å². The van der Waals surface area contributed by atoms with Gasteiger partial charge in [-0.15, -0.1) is 0 Å². The number of rotatable bonds is 5. The zero-order valence-electron chi connectivity index (χ0n) is 21.5. The first kappa shape index (κ1) is 23.9. The first-order valence-corrected chi connectivity index (χ1v) is 12.9. The van der Waals surface area contributed by atoms with Gasteiger partial charge in [0.25, 0.3) is 0 Å². The molecule has 0 saturated carbocycles. The fourth-order valence-corrected chi connectivity index (χ4v) is 5.62. The number of benzene rings is 4. The maximum Gasteiger partial charge on any atom is 0.163 e. The number of fused-ring (bicyclic) bond motifs is 1. The number of para-hydroxylation sites is 2. The minimum atomic E-state index is -0.258. The van der Waals surface area contributed by atoms with Gasteiger partial charge in [-0.2, -0.15) is 0 Å². The third kappa shape index (κ3) is 4.41. The van der Waals surface area contributed by atoms with Gasteiger partial charge in [0.05, 0.1) is 31.6 Å². The largest absolute Gasteiger partial charge is 0.497 e. The van der Waals surface area contributed by atoms with Crippen molar-refractivity contribution < 1.29 is 14.3 Å². The van der Waals surface area contributed by atoms with Crippen molar-refractivity contribution in [2.24, 2.45) is 0 Å². The molecule has 4 aromatic carbocycles. The Labute approximate surface area is 223 Å². The second-order valence-corrected chi connectivity index (χ2v) is 9.76. The number of carbonyl (C=O) groups excluding carboxylic acids is 1. The summed E-state index contributed by atoms with van der Waals surface area (Å²) in [5, 5.41) is 7.29. The van der Waals surface area contributed by atoms with Crippen LogP contribution in [0.3, 0.4) is 0 Å². The second kappa shape index (κ2) is 10.1. The van der Waals surface area contributed by atoms with Crippen LogP contribution in [0.2, 0.25) is 0 Å². The van der Waals surface area contributed by atoms with Crippen LogP contribution in [0.4, 0.5) is 11.4 Å². The quantitative estimate of drug-likeness (QED) is 0.299. The Kier molecular flexibility index (Phi) is 6.34. The molecule has 1 aliphatic carbocycles. The fraction of sp³-hybridized carbons (Fsp3) is 0.182. The topological polar surface area (TPSA) is 59.6 Å². The van der Waals surface area contributed by atoms with Crippen molar-refractivity contribution in [1.82, 2.24) is 0 Å². The van der Waals surface area contributed by atoms with E-state index in [2.05, 4.69) is 53.1 Å². The number of nitrogens with one attached hydrogen (secondary N) is 2. The number of ether oxygens (including phenoxy) is 2. The highest BCUT2D eigenvalue weighted by molar-refractivity contribution is 6.01. The SMILES string of the molecule is COc1ccc(OC)c(C2CC(=O)C3=C(C2)Nc2ccccc2NC3c2ccc(-c3ccccc3)cc2)c1. The van der Waals surface area contributed by atoms with Gasteiger partial charge in [-0.3, -0.25) is 4.79 Å². The van der Waals surface area contributed by atoms with Crippen LogP contribution in [0.25, 0.3) is 11.1 Å². The van der Waals surface area contributed by atoms with Crippen LogP contribution in [0.1, 0.15) is 35.9 Å². The maximum atomic E-state index is 13.9. The molecule has 0 radical (unpaired) electrons. The van der Waals surface area contributed by atoms with Crippen molar-refractivity contribution in [3.05, 3.63) is 119 Å². The molecular weight excluding hydrogens is 472 g/mol. The van der Waals surface area contributed by atoms with E-state index in [0.29, 0.717) is 12.8 Å². The molecule has 1 aliphatic heterocycles. The molecule has 190 valence electrons. The lowest BCUT2D eigenvalue weighted by Gasteiger charge is -2.30. The minimum absolute atomic E-state index is 0.0230. The third-order valence-electron chi connectivity index (χ3n) is 7.54. The van der Waals surface area contributed by atoms with E-state index in [4.69, 9.17) is 9.47 Å². The summed E-state index contributed by atoms with van der Waals surface area (Å²) in [4.78, 5) is 13.9.